The quantitative estimate of drug-likeness (QED) is 0.297. The summed E-state index contributed by atoms with van der Waals surface area (Å²) in [4.78, 5) is 25.5. The van der Waals surface area contributed by atoms with Gasteiger partial charge in [-0.3, -0.25) is 5.32 Å². The van der Waals surface area contributed by atoms with Gasteiger partial charge in [-0.1, -0.05) is 12.1 Å². The monoisotopic (exact) mass is 483 g/mol. The Bertz CT molecular complexity index is 863. The van der Waals surface area contributed by atoms with Gasteiger partial charge in [-0.15, -0.1) is 11.3 Å². The van der Waals surface area contributed by atoms with Crippen LogP contribution in [0.15, 0.2) is 29.4 Å². The van der Waals surface area contributed by atoms with Gasteiger partial charge in [0.05, 0.1) is 18.9 Å². The van der Waals surface area contributed by atoms with E-state index in [1.165, 1.54) is 18.4 Å². The minimum Gasteiger partial charge on any atom is -0.465 e. The number of fused-ring (bicyclic) bond motifs is 1. The minimum absolute atomic E-state index is 0.415. The lowest BCUT2D eigenvalue weighted by Crippen LogP contribution is -2.24. The maximum atomic E-state index is 12.2. The van der Waals surface area contributed by atoms with Crippen LogP contribution in [0.5, 0.6) is 0 Å². The van der Waals surface area contributed by atoms with Crippen LogP contribution in [0, 0.1) is 3.57 Å². The zero-order valence-electron chi connectivity index (χ0n) is 14.2. The first-order valence-electron chi connectivity index (χ1n) is 8.17. The summed E-state index contributed by atoms with van der Waals surface area (Å²) in [5.74, 6) is -0.415. The van der Waals surface area contributed by atoms with Crippen LogP contribution in [-0.2, 0) is 17.6 Å². The summed E-state index contributed by atoms with van der Waals surface area (Å²) in [5.41, 5.74) is 4.80. The summed E-state index contributed by atoms with van der Waals surface area (Å²) in [6.45, 7) is 0. The van der Waals surface area contributed by atoms with Crippen LogP contribution in [0.1, 0.15) is 39.2 Å². The van der Waals surface area contributed by atoms with E-state index in [0.717, 1.165) is 45.3 Å². The third-order valence-electron chi connectivity index (χ3n) is 4.02. The van der Waals surface area contributed by atoms with E-state index < -0.39 is 12.0 Å². The van der Waals surface area contributed by atoms with E-state index in [1.54, 1.807) is 6.21 Å². The van der Waals surface area contributed by atoms with Crippen molar-refractivity contribution in [1.82, 2.24) is 5.43 Å². The molecular weight excluding hydrogens is 465 g/mol. The number of thiophene rings is 1. The van der Waals surface area contributed by atoms with Crippen molar-refractivity contribution < 1.29 is 14.3 Å². The van der Waals surface area contributed by atoms with Gasteiger partial charge in [0.15, 0.2) is 0 Å². The number of hydrazone groups is 1. The number of esters is 1. The highest BCUT2D eigenvalue weighted by Gasteiger charge is 2.26. The number of carbonyl (C=O) groups is 2. The van der Waals surface area contributed by atoms with Crippen LogP contribution in [0.3, 0.4) is 0 Å². The first-order valence-corrected chi connectivity index (χ1v) is 10.1. The fourth-order valence-corrected chi connectivity index (χ4v) is 4.69. The average Bonchev–Trinajstić information content (AvgIpc) is 2.99. The number of methoxy groups -OCH3 is 1. The Balaban J connectivity index is 1.71. The van der Waals surface area contributed by atoms with Crippen LogP contribution in [0.25, 0.3) is 0 Å². The molecule has 0 fully saturated rings. The first kappa shape index (κ1) is 18.8. The third kappa shape index (κ3) is 4.42. The van der Waals surface area contributed by atoms with Gasteiger partial charge < -0.3 is 4.74 Å². The average molecular weight is 483 g/mol. The predicted octanol–water partition coefficient (Wildman–Crippen LogP) is 4.17. The number of carbonyl (C=O) groups excluding carboxylic acids is 2. The predicted molar refractivity (Wildman–Crippen MR) is 111 cm³/mol. The molecule has 1 aliphatic rings. The van der Waals surface area contributed by atoms with E-state index in [-0.39, 0.29) is 0 Å². The molecule has 0 aliphatic heterocycles. The van der Waals surface area contributed by atoms with Gasteiger partial charge in [-0.05, 0) is 71.5 Å². The van der Waals surface area contributed by atoms with E-state index in [0.29, 0.717) is 10.6 Å². The number of benzene rings is 1. The zero-order valence-corrected chi connectivity index (χ0v) is 17.1. The summed E-state index contributed by atoms with van der Waals surface area (Å²) in [7, 11) is 1.35. The van der Waals surface area contributed by atoms with Gasteiger partial charge in [-0.2, -0.15) is 5.10 Å². The molecule has 2 aromatic rings. The van der Waals surface area contributed by atoms with E-state index in [4.69, 9.17) is 4.74 Å². The van der Waals surface area contributed by atoms with E-state index >= 15 is 0 Å². The summed E-state index contributed by atoms with van der Waals surface area (Å²) >= 11 is 3.65. The van der Waals surface area contributed by atoms with Crippen molar-refractivity contribution >= 4 is 57.1 Å². The van der Waals surface area contributed by atoms with Crippen molar-refractivity contribution in [1.29, 1.82) is 0 Å². The molecule has 0 radical (unpaired) electrons. The molecule has 1 heterocycles. The van der Waals surface area contributed by atoms with Crippen LogP contribution in [0.4, 0.5) is 9.80 Å². The second kappa shape index (κ2) is 8.63. The number of nitrogens with zero attached hydrogens (tertiary/aromatic N) is 1. The molecule has 0 spiro atoms. The largest absolute Gasteiger partial charge is 0.465 e. The van der Waals surface area contributed by atoms with Gasteiger partial charge >= 0.3 is 12.0 Å². The number of amides is 2. The van der Waals surface area contributed by atoms with Crippen molar-refractivity contribution in [3.63, 3.8) is 0 Å². The highest BCUT2D eigenvalue weighted by molar-refractivity contribution is 14.1. The molecule has 26 heavy (non-hydrogen) atoms. The smallest absolute Gasteiger partial charge is 0.341 e. The molecular formula is C18H18IN3O3S. The van der Waals surface area contributed by atoms with E-state index in [2.05, 4.69) is 38.4 Å². The number of urea groups is 1. The first-order chi connectivity index (χ1) is 12.6. The van der Waals surface area contributed by atoms with Crippen LogP contribution in [0.2, 0.25) is 0 Å². The number of halogens is 1. The lowest BCUT2D eigenvalue weighted by molar-refractivity contribution is 0.0601. The molecule has 0 bridgehead atoms. The normalized spacial score (nSPS) is 13.3. The van der Waals surface area contributed by atoms with E-state index in [1.807, 2.05) is 24.3 Å². The molecule has 6 nitrogen and oxygen atoms in total. The number of rotatable bonds is 4. The van der Waals surface area contributed by atoms with Crippen LogP contribution in [-0.4, -0.2) is 25.3 Å². The number of ether oxygens (including phenoxy) is 1. The van der Waals surface area contributed by atoms with Gasteiger partial charge in [0, 0.05) is 8.45 Å². The second-order valence-corrected chi connectivity index (χ2v) is 8.14. The molecule has 0 atom stereocenters. The number of anilines is 1. The molecule has 0 unspecified atom stereocenters. The SMILES string of the molecule is COC(=O)c1c(NC(=O)NN=Cc2cccc(I)c2)sc2c1CCCC2. The lowest BCUT2D eigenvalue weighted by Gasteiger charge is -2.11. The Morgan fingerprint density at radius 3 is 2.88 bits per heavy atom. The third-order valence-corrected chi connectivity index (χ3v) is 5.89. The van der Waals surface area contributed by atoms with Gasteiger partial charge in [0.1, 0.15) is 5.00 Å². The zero-order chi connectivity index (χ0) is 18.5. The summed E-state index contributed by atoms with van der Waals surface area (Å²) < 4.78 is 5.98. The van der Waals surface area contributed by atoms with Gasteiger partial charge in [0.25, 0.3) is 0 Å². The highest BCUT2D eigenvalue weighted by Crippen LogP contribution is 2.38. The fraction of sp³-hybridized carbons (Fsp3) is 0.278. The molecule has 1 aromatic heterocycles. The molecule has 1 aliphatic carbocycles. The van der Waals surface area contributed by atoms with E-state index in [9.17, 15) is 9.59 Å². The Morgan fingerprint density at radius 2 is 2.12 bits per heavy atom. The lowest BCUT2D eigenvalue weighted by atomic mass is 9.95. The van der Waals surface area contributed by atoms with Crippen LogP contribution >= 0.6 is 33.9 Å². The van der Waals surface area contributed by atoms with Crippen molar-refractivity contribution in [3.8, 4) is 0 Å². The summed E-state index contributed by atoms with van der Waals surface area (Å²) in [6.07, 6.45) is 5.48. The van der Waals surface area contributed by atoms with Crippen molar-refractivity contribution in [2.45, 2.75) is 25.7 Å². The molecule has 3 rings (SSSR count). The molecule has 8 heteroatoms. The number of aryl methyl sites for hydroxylation is 1. The number of hydrogen-bond acceptors (Lipinski definition) is 5. The number of nitrogens with one attached hydrogen (secondary N) is 2. The Kier molecular flexibility index (Phi) is 6.25. The van der Waals surface area contributed by atoms with Crippen molar-refractivity contribution in [2.24, 2.45) is 5.10 Å². The molecule has 1 aromatic carbocycles. The van der Waals surface area contributed by atoms with Crippen LogP contribution < -0.4 is 10.7 Å². The second-order valence-electron chi connectivity index (χ2n) is 5.79. The highest BCUT2D eigenvalue weighted by atomic mass is 127. The Labute approximate surface area is 169 Å². The fourth-order valence-electron chi connectivity index (χ4n) is 2.86. The molecule has 2 N–H and O–H groups in total. The van der Waals surface area contributed by atoms with Crippen molar-refractivity contribution in [2.75, 3.05) is 12.4 Å². The Morgan fingerprint density at radius 1 is 1.31 bits per heavy atom. The standard InChI is InChI=1S/C18H18IN3O3S/c1-25-17(23)15-13-7-2-3-8-14(13)26-16(15)21-18(24)22-20-10-11-5-4-6-12(19)9-11/h4-6,9-10H,2-3,7-8H2,1H3,(H2,21,22,24). The molecule has 136 valence electrons. The molecule has 2 amide bonds. The van der Waals surface area contributed by atoms with Gasteiger partial charge in [0.2, 0.25) is 0 Å². The topological polar surface area (TPSA) is 79.8 Å². The van der Waals surface area contributed by atoms with Gasteiger partial charge in [-0.25, -0.2) is 15.0 Å². The molecule has 0 saturated carbocycles. The minimum atomic E-state index is -0.490. The maximum absolute atomic E-state index is 12.2. The number of hydrogen-bond donors (Lipinski definition) is 2. The summed E-state index contributed by atoms with van der Waals surface area (Å²) in [5, 5.41) is 7.21. The Hall–Kier alpha value is -1.94. The summed E-state index contributed by atoms with van der Waals surface area (Å²) in [6, 6.07) is 7.25. The molecule has 0 saturated heterocycles. The maximum Gasteiger partial charge on any atom is 0.341 e. The van der Waals surface area contributed by atoms with Crippen molar-refractivity contribution in [3.05, 3.63) is 49.4 Å².